The third kappa shape index (κ3) is 9.83. The van der Waals surface area contributed by atoms with Crippen LogP contribution < -0.4 is 5.32 Å². The first-order valence-corrected chi connectivity index (χ1v) is 4.92. The van der Waals surface area contributed by atoms with Gasteiger partial charge in [-0.15, -0.1) is 0 Å². The number of halogens is 2. The molecule has 0 saturated carbocycles. The molecule has 0 aliphatic rings. The topological polar surface area (TPSA) is 24.5 Å². The number of nitrogens with zero attached hydrogens (tertiary/aromatic N) is 1. The lowest BCUT2D eigenvalue weighted by molar-refractivity contribution is 0.0999. The van der Waals surface area contributed by atoms with Crippen molar-refractivity contribution in [2.45, 2.75) is 13.3 Å². The van der Waals surface area contributed by atoms with E-state index in [4.69, 9.17) is 4.74 Å². The maximum absolute atomic E-state index is 11.9. The van der Waals surface area contributed by atoms with Crippen LogP contribution in [0.5, 0.6) is 0 Å². The molecule has 0 spiro atoms. The van der Waals surface area contributed by atoms with Crippen molar-refractivity contribution in [1.29, 1.82) is 0 Å². The maximum atomic E-state index is 11.9. The molecule has 0 aromatic heterocycles. The standard InChI is InChI=1S/C9H20F2N2O/c1-3-14-7-5-12-4-6-13(2)8-9(10)11/h9,12H,3-8H2,1-2H3. The van der Waals surface area contributed by atoms with E-state index in [-0.39, 0.29) is 6.54 Å². The Hall–Kier alpha value is -0.260. The van der Waals surface area contributed by atoms with E-state index in [2.05, 4.69) is 5.32 Å². The summed E-state index contributed by atoms with van der Waals surface area (Å²) in [6, 6.07) is 0. The summed E-state index contributed by atoms with van der Waals surface area (Å²) in [5.74, 6) is 0. The van der Waals surface area contributed by atoms with Gasteiger partial charge in [-0.05, 0) is 14.0 Å². The molecule has 0 rings (SSSR count). The number of rotatable bonds is 9. The summed E-state index contributed by atoms with van der Waals surface area (Å²) >= 11 is 0. The van der Waals surface area contributed by atoms with Crippen molar-refractivity contribution < 1.29 is 13.5 Å². The van der Waals surface area contributed by atoms with Crippen LogP contribution in [-0.4, -0.2) is 57.8 Å². The number of hydrogen-bond donors (Lipinski definition) is 1. The van der Waals surface area contributed by atoms with Gasteiger partial charge in [0.25, 0.3) is 6.43 Å². The van der Waals surface area contributed by atoms with Gasteiger partial charge in [0.05, 0.1) is 13.2 Å². The Morgan fingerprint density at radius 2 is 2.07 bits per heavy atom. The predicted octanol–water partition coefficient (Wildman–Crippen LogP) is 0.809. The molecule has 0 atom stereocenters. The zero-order valence-corrected chi connectivity index (χ0v) is 8.93. The van der Waals surface area contributed by atoms with Crippen molar-refractivity contribution in [3.8, 4) is 0 Å². The summed E-state index contributed by atoms with van der Waals surface area (Å²) in [6.45, 7) is 5.30. The van der Waals surface area contributed by atoms with Gasteiger partial charge in [-0.1, -0.05) is 0 Å². The molecule has 14 heavy (non-hydrogen) atoms. The van der Waals surface area contributed by atoms with Crippen molar-refractivity contribution in [2.75, 3.05) is 46.4 Å². The van der Waals surface area contributed by atoms with Crippen molar-refractivity contribution in [3.05, 3.63) is 0 Å². The van der Waals surface area contributed by atoms with E-state index in [0.29, 0.717) is 19.8 Å². The fourth-order valence-electron chi connectivity index (χ4n) is 1.01. The minimum atomic E-state index is -2.25. The molecule has 0 saturated heterocycles. The third-order valence-electron chi connectivity index (χ3n) is 1.75. The molecule has 0 aromatic carbocycles. The monoisotopic (exact) mass is 210 g/mol. The molecule has 0 aromatic rings. The van der Waals surface area contributed by atoms with E-state index in [1.165, 1.54) is 0 Å². The molecule has 5 heteroatoms. The highest BCUT2D eigenvalue weighted by molar-refractivity contribution is 4.55. The van der Waals surface area contributed by atoms with Crippen molar-refractivity contribution in [3.63, 3.8) is 0 Å². The fraction of sp³-hybridized carbons (Fsp3) is 1.00. The Labute approximate surface area is 84.4 Å². The minimum Gasteiger partial charge on any atom is -0.380 e. The Kier molecular flexibility index (Phi) is 9.13. The maximum Gasteiger partial charge on any atom is 0.251 e. The molecule has 0 aliphatic carbocycles. The average molecular weight is 210 g/mol. The normalized spacial score (nSPS) is 11.6. The third-order valence-corrected chi connectivity index (χ3v) is 1.75. The highest BCUT2D eigenvalue weighted by atomic mass is 19.3. The Morgan fingerprint density at radius 3 is 2.64 bits per heavy atom. The first-order valence-electron chi connectivity index (χ1n) is 4.92. The van der Waals surface area contributed by atoms with E-state index >= 15 is 0 Å². The number of alkyl halides is 2. The summed E-state index contributed by atoms with van der Waals surface area (Å²) in [5.41, 5.74) is 0. The molecule has 86 valence electrons. The molecular weight excluding hydrogens is 190 g/mol. The minimum absolute atomic E-state index is 0.160. The van der Waals surface area contributed by atoms with Crippen LogP contribution in [0.15, 0.2) is 0 Å². The van der Waals surface area contributed by atoms with Gasteiger partial charge in [0.1, 0.15) is 0 Å². The van der Waals surface area contributed by atoms with Crippen molar-refractivity contribution >= 4 is 0 Å². The molecular formula is C9H20F2N2O. The van der Waals surface area contributed by atoms with Crippen LogP contribution in [0.4, 0.5) is 8.78 Å². The number of nitrogens with one attached hydrogen (secondary N) is 1. The quantitative estimate of drug-likeness (QED) is 0.570. The van der Waals surface area contributed by atoms with Crippen LogP contribution in [0.3, 0.4) is 0 Å². The van der Waals surface area contributed by atoms with Crippen molar-refractivity contribution in [2.24, 2.45) is 0 Å². The van der Waals surface area contributed by atoms with Crippen molar-refractivity contribution in [1.82, 2.24) is 10.2 Å². The summed E-state index contributed by atoms with van der Waals surface area (Å²) in [7, 11) is 1.69. The number of hydrogen-bond acceptors (Lipinski definition) is 3. The summed E-state index contributed by atoms with van der Waals surface area (Å²) in [5, 5.41) is 3.11. The van der Waals surface area contributed by atoms with Gasteiger partial charge in [0, 0.05) is 26.2 Å². The van der Waals surface area contributed by atoms with Crippen LogP contribution in [-0.2, 0) is 4.74 Å². The number of likely N-dealkylation sites (N-methyl/N-ethyl adjacent to an activating group) is 1. The van der Waals surface area contributed by atoms with Crippen LogP contribution in [0.25, 0.3) is 0 Å². The molecule has 3 nitrogen and oxygen atoms in total. The zero-order valence-electron chi connectivity index (χ0n) is 8.93. The van der Waals surface area contributed by atoms with Crippen LogP contribution in [0, 0.1) is 0 Å². The Morgan fingerprint density at radius 1 is 1.36 bits per heavy atom. The number of ether oxygens (including phenoxy) is 1. The smallest absolute Gasteiger partial charge is 0.251 e. The summed E-state index contributed by atoms with van der Waals surface area (Å²) in [4.78, 5) is 1.61. The van der Waals surface area contributed by atoms with Gasteiger partial charge in [-0.25, -0.2) is 8.78 Å². The molecule has 0 amide bonds. The van der Waals surface area contributed by atoms with E-state index in [1.54, 1.807) is 11.9 Å². The van der Waals surface area contributed by atoms with Crippen LogP contribution >= 0.6 is 0 Å². The second-order valence-electron chi connectivity index (χ2n) is 3.10. The van der Waals surface area contributed by atoms with E-state index in [1.807, 2.05) is 6.92 Å². The molecule has 0 aliphatic heterocycles. The lowest BCUT2D eigenvalue weighted by atomic mass is 10.5. The molecule has 1 N–H and O–H groups in total. The molecule has 0 bridgehead atoms. The van der Waals surface area contributed by atoms with Gasteiger partial charge in [-0.3, -0.25) is 4.90 Å². The van der Waals surface area contributed by atoms with Gasteiger partial charge >= 0.3 is 0 Å². The summed E-state index contributed by atoms with van der Waals surface area (Å²) < 4.78 is 28.9. The zero-order chi connectivity index (χ0) is 10.8. The highest BCUT2D eigenvalue weighted by Gasteiger charge is 2.06. The fourth-order valence-corrected chi connectivity index (χ4v) is 1.01. The lowest BCUT2D eigenvalue weighted by Gasteiger charge is -2.15. The van der Waals surface area contributed by atoms with Gasteiger partial charge in [0.2, 0.25) is 0 Å². The molecule has 0 heterocycles. The average Bonchev–Trinajstić information content (AvgIpc) is 2.10. The largest absolute Gasteiger partial charge is 0.380 e. The second kappa shape index (κ2) is 9.30. The molecule has 0 unspecified atom stereocenters. The highest BCUT2D eigenvalue weighted by Crippen LogP contribution is 1.93. The van der Waals surface area contributed by atoms with Gasteiger partial charge in [0.15, 0.2) is 0 Å². The first kappa shape index (κ1) is 13.7. The van der Waals surface area contributed by atoms with E-state index in [0.717, 1.165) is 13.1 Å². The van der Waals surface area contributed by atoms with E-state index in [9.17, 15) is 8.78 Å². The van der Waals surface area contributed by atoms with Crippen LogP contribution in [0.2, 0.25) is 0 Å². The van der Waals surface area contributed by atoms with Gasteiger partial charge in [-0.2, -0.15) is 0 Å². The first-order chi connectivity index (χ1) is 6.66. The SMILES string of the molecule is CCOCCNCCN(C)CC(F)F. The van der Waals surface area contributed by atoms with Gasteiger partial charge < -0.3 is 10.1 Å². The predicted molar refractivity (Wildman–Crippen MR) is 52.9 cm³/mol. The molecule has 0 radical (unpaired) electrons. The van der Waals surface area contributed by atoms with Crippen LogP contribution in [0.1, 0.15) is 6.92 Å². The lowest BCUT2D eigenvalue weighted by Crippen LogP contribution is -2.33. The Bertz CT molecular complexity index is 125. The summed E-state index contributed by atoms with van der Waals surface area (Å²) in [6.07, 6.45) is -2.25. The second-order valence-corrected chi connectivity index (χ2v) is 3.10. The van der Waals surface area contributed by atoms with E-state index < -0.39 is 6.43 Å². The molecule has 0 fully saturated rings. The Balaban J connectivity index is 3.10.